The van der Waals surface area contributed by atoms with Crippen LogP contribution in [0.2, 0.25) is 0 Å². The molecule has 9 nitrogen and oxygen atoms in total. The van der Waals surface area contributed by atoms with Crippen LogP contribution >= 0.6 is 0 Å². The molecule has 9 heteroatoms. The Kier molecular flexibility index (Phi) is 8.42. The lowest BCUT2D eigenvalue weighted by Gasteiger charge is -2.38. The Balaban J connectivity index is 1.57. The van der Waals surface area contributed by atoms with E-state index >= 15 is 0 Å². The topological polar surface area (TPSA) is 102 Å². The molecular formula is C31H41N3O6. The van der Waals surface area contributed by atoms with Crippen molar-refractivity contribution in [3.05, 3.63) is 46.2 Å². The Morgan fingerprint density at radius 1 is 1.07 bits per heavy atom. The summed E-state index contributed by atoms with van der Waals surface area (Å²) >= 11 is 0. The second kappa shape index (κ2) is 11.5. The standard InChI is InChI=1S/C31H41N3O6/c1-8-38-29(37)21-18-33-22(17-23(21)35)28-20-13-12-14-24(27(20)32-34(28)19-25(33)30(2,3)4)39-16-11-9-10-15-26(36)40-31(5,6)7/h12-14,17-18,25H,8-11,15-16,19H2,1-7H3/t25-/m0/s1. The minimum atomic E-state index is -0.610. The average molecular weight is 552 g/mol. The molecule has 0 amide bonds. The van der Waals surface area contributed by atoms with Crippen LogP contribution in [0.5, 0.6) is 5.75 Å². The summed E-state index contributed by atoms with van der Waals surface area (Å²) in [5, 5.41) is 5.81. The van der Waals surface area contributed by atoms with Gasteiger partial charge >= 0.3 is 11.9 Å². The number of aromatic nitrogens is 3. The molecule has 0 aliphatic carbocycles. The van der Waals surface area contributed by atoms with Gasteiger partial charge in [-0.1, -0.05) is 32.9 Å². The summed E-state index contributed by atoms with van der Waals surface area (Å²) in [6, 6.07) is 7.28. The van der Waals surface area contributed by atoms with E-state index in [1.807, 2.05) is 48.2 Å². The summed E-state index contributed by atoms with van der Waals surface area (Å²) in [6.07, 6.45) is 4.43. The number of nitrogens with zero attached hydrogens (tertiary/aromatic N) is 3. The molecule has 0 bridgehead atoms. The van der Waals surface area contributed by atoms with Gasteiger partial charge in [0.25, 0.3) is 0 Å². The quantitative estimate of drug-likeness (QED) is 0.240. The maximum absolute atomic E-state index is 13.0. The molecule has 1 atom stereocenters. The van der Waals surface area contributed by atoms with Crippen LogP contribution in [0.1, 0.15) is 90.5 Å². The van der Waals surface area contributed by atoms with E-state index in [1.165, 1.54) is 6.07 Å². The Morgan fingerprint density at radius 2 is 1.82 bits per heavy atom. The predicted octanol–water partition coefficient (Wildman–Crippen LogP) is 5.92. The maximum atomic E-state index is 13.0. The summed E-state index contributed by atoms with van der Waals surface area (Å²) in [4.78, 5) is 37.5. The number of pyridine rings is 1. The van der Waals surface area contributed by atoms with Gasteiger partial charge < -0.3 is 18.8 Å². The molecular weight excluding hydrogens is 510 g/mol. The van der Waals surface area contributed by atoms with Crippen molar-refractivity contribution in [1.29, 1.82) is 0 Å². The van der Waals surface area contributed by atoms with E-state index in [9.17, 15) is 14.4 Å². The number of esters is 2. The second-order valence-corrected chi connectivity index (χ2v) is 12.4. The van der Waals surface area contributed by atoms with Crippen LogP contribution < -0.4 is 10.2 Å². The van der Waals surface area contributed by atoms with Crippen LogP contribution in [0.4, 0.5) is 0 Å². The van der Waals surface area contributed by atoms with Gasteiger partial charge in [0.1, 0.15) is 22.4 Å². The number of ether oxygens (including phenoxy) is 3. The Bertz CT molecular complexity index is 1450. The zero-order valence-corrected chi connectivity index (χ0v) is 24.7. The third-order valence-corrected chi connectivity index (χ3v) is 6.93. The molecule has 2 aromatic heterocycles. The predicted molar refractivity (Wildman–Crippen MR) is 154 cm³/mol. The van der Waals surface area contributed by atoms with Gasteiger partial charge in [-0.05, 0) is 58.4 Å². The number of rotatable bonds is 9. The summed E-state index contributed by atoms with van der Waals surface area (Å²) in [6.45, 7) is 15.0. The fourth-order valence-electron chi connectivity index (χ4n) is 5.07. The number of unbranched alkanes of at least 4 members (excludes halogenated alkanes) is 2. The van der Waals surface area contributed by atoms with E-state index in [1.54, 1.807) is 13.1 Å². The SMILES string of the molecule is CCOC(=O)c1cn2c(cc1=O)-c1c3cccc(OCCCCCC(=O)OC(C)(C)C)c3nn1C[C@H]2C(C)(C)C. The van der Waals surface area contributed by atoms with Crippen LogP contribution in [0, 0.1) is 5.41 Å². The van der Waals surface area contributed by atoms with Gasteiger partial charge in [0.15, 0.2) is 5.43 Å². The summed E-state index contributed by atoms with van der Waals surface area (Å²) in [7, 11) is 0. The van der Waals surface area contributed by atoms with Gasteiger partial charge in [0.2, 0.25) is 0 Å². The highest BCUT2D eigenvalue weighted by Crippen LogP contribution is 2.43. The van der Waals surface area contributed by atoms with E-state index in [0.717, 1.165) is 35.9 Å². The van der Waals surface area contributed by atoms with E-state index in [0.29, 0.717) is 31.0 Å². The van der Waals surface area contributed by atoms with Gasteiger partial charge in [-0.3, -0.25) is 14.3 Å². The van der Waals surface area contributed by atoms with Crippen LogP contribution in [-0.2, 0) is 20.8 Å². The number of carbonyl (C=O) groups is 2. The molecule has 0 N–H and O–H groups in total. The average Bonchev–Trinajstić information content (AvgIpc) is 3.23. The highest BCUT2D eigenvalue weighted by molar-refractivity contribution is 5.97. The van der Waals surface area contributed by atoms with Crippen molar-refractivity contribution in [2.45, 2.75) is 92.3 Å². The summed E-state index contributed by atoms with van der Waals surface area (Å²) in [5.41, 5.74) is 1.29. The largest absolute Gasteiger partial charge is 0.491 e. The van der Waals surface area contributed by atoms with Crippen molar-refractivity contribution in [3.63, 3.8) is 0 Å². The van der Waals surface area contributed by atoms with Crippen LogP contribution in [0.25, 0.3) is 22.3 Å². The molecule has 1 aromatic carbocycles. The van der Waals surface area contributed by atoms with Gasteiger partial charge in [-0.2, -0.15) is 5.10 Å². The lowest BCUT2D eigenvalue weighted by molar-refractivity contribution is -0.154. The van der Waals surface area contributed by atoms with Crippen LogP contribution in [-0.4, -0.2) is 45.1 Å². The van der Waals surface area contributed by atoms with E-state index < -0.39 is 11.6 Å². The fraction of sp³-hybridized carbons (Fsp3) is 0.548. The Hall–Kier alpha value is -3.62. The van der Waals surface area contributed by atoms with E-state index in [4.69, 9.17) is 19.3 Å². The lowest BCUT2D eigenvalue weighted by atomic mass is 9.85. The van der Waals surface area contributed by atoms with Crippen molar-refractivity contribution < 1.29 is 23.8 Å². The molecule has 216 valence electrons. The summed E-state index contributed by atoms with van der Waals surface area (Å²) in [5.74, 6) is -0.110. The van der Waals surface area contributed by atoms with Gasteiger partial charge in [0.05, 0.1) is 37.2 Å². The van der Waals surface area contributed by atoms with Crippen molar-refractivity contribution in [1.82, 2.24) is 14.3 Å². The Labute approximate surface area is 235 Å². The van der Waals surface area contributed by atoms with Crippen molar-refractivity contribution in [2.75, 3.05) is 13.2 Å². The van der Waals surface area contributed by atoms with Crippen LogP contribution in [0.15, 0.2) is 35.3 Å². The smallest absolute Gasteiger partial charge is 0.343 e. The first kappa shape index (κ1) is 29.4. The molecule has 1 aliphatic heterocycles. The highest BCUT2D eigenvalue weighted by Gasteiger charge is 2.35. The van der Waals surface area contributed by atoms with Crippen LogP contribution in [0.3, 0.4) is 0 Å². The monoisotopic (exact) mass is 551 g/mol. The summed E-state index contributed by atoms with van der Waals surface area (Å²) < 4.78 is 20.6. The highest BCUT2D eigenvalue weighted by atomic mass is 16.6. The molecule has 40 heavy (non-hydrogen) atoms. The molecule has 3 aromatic rings. The van der Waals surface area contributed by atoms with Crippen molar-refractivity contribution >= 4 is 22.8 Å². The lowest BCUT2D eigenvalue weighted by Crippen LogP contribution is -2.35. The van der Waals surface area contributed by atoms with E-state index in [-0.39, 0.29) is 35.0 Å². The molecule has 0 saturated carbocycles. The van der Waals surface area contributed by atoms with Gasteiger partial charge in [-0.25, -0.2) is 4.79 Å². The Morgan fingerprint density at radius 3 is 2.50 bits per heavy atom. The fourth-order valence-corrected chi connectivity index (χ4v) is 5.07. The first-order valence-electron chi connectivity index (χ1n) is 14.1. The molecule has 1 aliphatic rings. The molecule has 4 rings (SSSR count). The molecule has 0 spiro atoms. The minimum Gasteiger partial charge on any atom is -0.491 e. The third kappa shape index (κ3) is 6.40. The molecule has 0 unspecified atom stereocenters. The van der Waals surface area contributed by atoms with Crippen molar-refractivity contribution in [2.24, 2.45) is 5.41 Å². The van der Waals surface area contributed by atoms with Crippen molar-refractivity contribution in [3.8, 4) is 17.1 Å². The third-order valence-electron chi connectivity index (χ3n) is 6.93. The first-order valence-corrected chi connectivity index (χ1v) is 14.1. The first-order chi connectivity index (χ1) is 18.8. The number of fused-ring (bicyclic) bond motifs is 5. The normalized spacial score (nSPS) is 14.9. The second-order valence-electron chi connectivity index (χ2n) is 12.4. The zero-order valence-electron chi connectivity index (χ0n) is 24.7. The minimum absolute atomic E-state index is 0.0350. The number of benzene rings is 1. The molecule has 0 radical (unpaired) electrons. The maximum Gasteiger partial charge on any atom is 0.343 e. The molecule has 3 heterocycles. The van der Waals surface area contributed by atoms with E-state index in [2.05, 4.69) is 20.8 Å². The zero-order chi connectivity index (χ0) is 29.2. The van der Waals surface area contributed by atoms with Gasteiger partial charge in [0, 0.05) is 24.1 Å². The number of hydrogen-bond acceptors (Lipinski definition) is 7. The number of carbonyl (C=O) groups excluding carboxylic acids is 2. The molecule has 0 saturated heterocycles. The molecule has 0 fully saturated rings. The number of hydrogen-bond donors (Lipinski definition) is 0. The van der Waals surface area contributed by atoms with Gasteiger partial charge in [-0.15, -0.1) is 0 Å².